The van der Waals surface area contributed by atoms with Gasteiger partial charge in [0.25, 0.3) is 5.91 Å². The number of methoxy groups -OCH3 is 1. The highest BCUT2D eigenvalue weighted by Gasteiger charge is 2.25. The fourth-order valence-corrected chi connectivity index (χ4v) is 3.80. The van der Waals surface area contributed by atoms with Gasteiger partial charge in [-0.2, -0.15) is 0 Å². The highest BCUT2D eigenvalue weighted by Crippen LogP contribution is 2.25. The van der Waals surface area contributed by atoms with Gasteiger partial charge in [-0.25, -0.2) is 4.39 Å². The number of nitrogens with zero attached hydrogens (tertiary/aromatic N) is 2. The summed E-state index contributed by atoms with van der Waals surface area (Å²) < 4.78 is 18.3. The van der Waals surface area contributed by atoms with E-state index in [9.17, 15) is 14.0 Å². The molecule has 0 bridgehead atoms. The third kappa shape index (κ3) is 5.19. The van der Waals surface area contributed by atoms with Crippen LogP contribution in [0.5, 0.6) is 5.75 Å². The second-order valence-electron chi connectivity index (χ2n) is 6.77. The lowest BCUT2D eigenvalue weighted by Gasteiger charge is -2.35. The van der Waals surface area contributed by atoms with Crippen molar-refractivity contribution in [2.75, 3.05) is 33.3 Å². The second kappa shape index (κ2) is 9.46. The van der Waals surface area contributed by atoms with Crippen LogP contribution in [-0.4, -0.2) is 54.9 Å². The van der Waals surface area contributed by atoms with E-state index in [4.69, 9.17) is 27.9 Å². The summed E-state index contributed by atoms with van der Waals surface area (Å²) in [6, 6.07) is 9.20. The van der Waals surface area contributed by atoms with Crippen LogP contribution < -0.4 is 4.74 Å². The third-order valence-electron chi connectivity index (χ3n) is 4.92. The van der Waals surface area contributed by atoms with Crippen LogP contribution in [0.3, 0.4) is 0 Å². The van der Waals surface area contributed by atoms with Crippen molar-refractivity contribution >= 4 is 35.0 Å². The van der Waals surface area contributed by atoms with Gasteiger partial charge in [-0.05, 0) is 42.3 Å². The number of piperazine rings is 1. The maximum Gasteiger partial charge on any atom is 0.255 e. The van der Waals surface area contributed by atoms with Gasteiger partial charge in [0.05, 0.1) is 22.7 Å². The molecule has 154 valence electrons. The molecule has 0 spiro atoms. The Labute approximate surface area is 178 Å². The highest BCUT2D eigenvalue weighted by atomic mass is 35.5. The summed E-state index contributed by atoms with van der Waals surface area (Å²) >= 11 is 12.1. The summed E-state index contributed by atoms with van der Waals surface area (Å²) in [5.41, 5.74) is 1.23. The number of halogens is 3. The van der Waals surface area contributed by atoms with E-state index in [1.807, 2.05) is 6.07 Å². The van der Waals surface area contributed by atoms with Crippen molar-refractivity contribution in [3.8, 4) is 5.75 Å². The molecule has 1 saturated heterocycles. The number of rotatable bonds is 5. The van der Waals surface area contributed by atoms with Crippen LogP contribution in [0.15, 0.2) is 36.4 Å². The zero-order valence-electron chi connectivity index (χ0n) is 16.0. The topological polar surface area (TPSA) is 49.9 Å². The predicted molar refractivity (Wildman–Crippen MR) is 110 cm³/mol. The average Bonchev–Trinajstić information content (AvgIpc) is 2.72. The van der Waals surface area contributed by atoms with Gasteiger partial charge in [0.15, 0.2) is 0 Å². The maximum atomic E-state index is 13.2. The van der Waals surface area contributed by atoms with Crippen LogP contribution >= 0.6 is 23.2 Å². The molecule has 1 aliphatic rings. The Bertz CT molecular complexity index is 915. The molecule has 0 aromatic heterocycles. The number of hydrogen-bond acceptors (Lipinski definition) is 3. The largest absolute Gasteiger partial charge is 0.495 e. The Hall–Kier alpha value is -2.31. The summed E-state index contributed by atoms with van der Waals surface area (Å²) in [4.78, 5) is 28.5. The number of amides is 2. The summed E-state index contributed by atoms with van der Waals surface area (Å²) in [5, 5.41) is 0.607. The molecule has 1 aliphatic heterocycles. The normalized spacial score (nSPS) is 14.1. The van der Waals surface area contributed by atoms with E-state index < -0.39 is 5.82 Å². The Morgan fingerprint density at radius 3 is 2.31 bits per heavy atom. The van der Waals surface area contributed by atoms with Crippen molar-refractivity contribution in [2.24, 2.45) is 0 Å². The van der Waals surface area contributed by atoms with E-state index in [1.165, 1.54) is 12.1 Å². The van der Waals surface area contributed by atoms with Gasteiger partial charge in [0, 0.05) is 32.6 Å². The molecule has 2 amide bonds. The van der Waals surface area contributed by atoms with Crippen LogP contribution in [0.25, 0.3) is 0 Å². The minimum absolute atomic E-state index is 0.0313. The van der Waals surface area contributed by atoms with Crippen LogP contribution in [0.4, 0.5) is 4.39 Å². The van der Waals surface area contributed by atoms with Crippen LogP contribution in [0.2, 0.25) is 10.0 Å². The second-order valence-corrected chi connectivity index (χ2v) is 7.58. The van der Waals surface area contributed by atoms with Crippen LogP contribution in [-0.2, 0) is 11.2 Å². The molecule has 1 heterocycles. The molecule has 0 aliphatic carbocycles. The summed E-state index contributed by atoms with van der Waals surface area (Å²) in [7, 11) is 1.55. The molecule has 0 atom stereocenters. The number of carbonyl (C=O) groups is 2. The van der Waals surface area contributed by atoms with E-state index >= 15 is 0 Å². The van der Waals surface area contributed by atoms with E-state index in [-0.39, 0.29) is 22.4 Å². The molecule has 2 aromatic carbocycles. The summed E-state index contributed by atoms with van der Waals surface area (Å²) in [6.45, 7) is 1.72. The molecule has 0 saturated carbocycles. The highest BCUT2D eigenvalue weighted by molar-refractivity contribution is 6.33. The van der Waals surface area contributed by atoms with E-state index in [0.29, 0.717) is 49.8 Å². The minimum atomic E-state index is -0.486. The number of hydrogen-bond donors (Lipinski definition) is 0. The Balaban J connectivity index is 1.51. The van der Waals surface area contributed by atoms with Crippen molar-refractivity contribution in [3.63, 3.8) is 0 Å². The molecule has 3 rings (SSSR count). The van der Waals surface area contributed by atoms with Crippen molar-refractivity contribution in [1.29, 1.82) is 0 Å². The minimum Gasteiger partial charge on any atom is -0.495 e. The molecule has 0 unspecified atom stereocenters. The summed E-state index contributed by atoms with van der Waals surface area (Å²) in [5.74, 6) is -0.109. The van der Waals surface area contributed by atoms with E-state index in [0.717, 1.165) is 11.6 Å². The van der Waals surface area contributed by atoms with E-state index in [2.05, 4.69) is 0 Å². The van der Waals surface area contributed by atoms with Crippen molar-refractivity contribution < 1.29 is 18.7 Å². The average molecular weight is 439 g/mol. The molecular formula is C21H21Cl2FN2O3. The number of benzene rings is 2. The lowest BCUT2D eigenvalue weighted by Crippen LogP contribution is -2.50. The van der Waals surface area contributed by atoms with Gasteiger partial charge in [0.1, 0.15) is 11.6 Å². The Morgan fingerprint density at radius 2 is 1.69 bits per heavy atom. The van der Waals surface area contributed by atoms with Gasteiger partial charge < -0.3 is 14.5 Å². The van der Waals surface area contributed by atoms with E-state index in [1.54, 1.807) is 29.0 Å². The quantitative estimate of drug-likeness (QED) is 0.706. The van der Waals surface area contributed by atoms with Gasteiger partial charge >= 0.3 is 0 Å². The standard InChI is InChI=1S/C21H21Cl2FN2O3/c1-29-19-6-2-14(12-18(19)23)3-7-20(27)25-8-10-26(11-9-25)21(28)16-5-4-15(24)13-17(16)22/h2,4-6,12-13H,3,7-11H2,1H3. The zero-order chi connectivity index (χ0) is 21.0. The molecule has 0 N–H and O–H groups in total. The monoisotopic (exact) mass is 438 g/mol. The SMILES string of the molecule is COc1ccc(CCC(=O)N2CCN(C(=O)c3ccc(F)cc3Cl)CC2)cc1Cl. The molecule has 8 heteroatoms. The maximum absolute atomic E-state index is 13.2. The number of carbonyl (C=O) groups excluding carboxylic acids is 2. The summed E-state index contributed by atoms with van der Waals surface area (Å²) in [6.07, 6.45) is 0.938. The molecule has 1 fully saturated rings. The molecule has 5 nitrogen and oxygen atoms in total. The number of aryl methyl sites for hydroxylation is 1. The fourth-order valence-electron chi connectivity index (χ4n) is 3.27. The molecular weight excluding hydrogens is 418 g/mol. The van der Waals surface area contributed by atoms with Gasteiger partial charge in [0.2, 0.25) is 5.91 Å². The van der Waals surface area contributed by atoms with Crippen LogP contribution in [0.1, 0.15) is 22.3 Å². The molecule has 2 aromatic rings. The first kappa shape index (κ1) is 21.4. The van der Waals surface area contributed by atoms with Gasteiger partial charge in [-0.15, -0.1) is 0 Å². The Morgan fingerprint density at radius 1 is 1.00 bits per heavy atom. The number of ether oxygens (including phenoxy) is 1. The van der Waals surface area contributed by atoms with Crippen molar-refractivity contribution in [1.82, 2.24) is 9.80 Å². The zero-order valence-corrected chi connectivity index (χ0v) is 17.5. The lowest BCUT2D eigenvalue weighted by atomic mass is 10.1. The molecule has 29 heavy (non-hydrogen) atoms. The first-order chi connectivity index (χ1) is 13.9. The van der Waals surface area contributed by atoms with Crippen LogP contribution in [0, 0.1) is 5.82 Å². The van der Waals surface area contributed by atoms with Gasteiger partial charge in [-0.3, -0.25) is 9.59 Å². The predicted octanol–water partition coefficient (Wildman–Crippen LogP) is 4.06. The third-order valence-corrected chi connectivity index (χ3v) is 5.53. The van der Waals surface area contributed by atoms with Crippen molar-refractivity contribution in [3.05, 3.63) is 63.4 Å². The fraction of sp³-hybridized carbons (Fsp3) is 0.333. The Kier molecular flexibility index (Phi) is 6.98. The first-order valence-corrected chi connectivity index (χ1v) is 9.99. The van der Waals surface area contributed by atoms with Gasteiger partial charge in [-0.1, -0.05) is 29.3 Å². The molecule has 0 radical (unpaired) electrons. The first-order valence-electron chi connectivity index (χ1n) is 9.23. The smallest absolute Gasteiger partial charge is 0.255 e. The lowest BCUT2D eigenvalue weighted by molar-refractivity contribution is -0.132. The van der Waals surface area contributed by atoms with Crippen molar-refractivity contribution in [2.45, 2.75) is 12.8 Å².